The number of amides is 1. The zero-order valence-corrected chi connectivity index (χ0v) is 15.2. The highest BCUT2D eigenvalue weighted by Crippen LogP contribution is 2.29. The van der Waals surface area contributed by atoms with E-state index in [2.05, 4.69) is 20.5 Å². The van der Waals surface area contributed by atoms with Crippen LogP contribution in [0.15, 0.2) is 53.9 Å². The molecule has 7 nitrogen and oxygen atoms in total. The highest BCUT2D eigenvalue weighted by atomic mass is 32.2. The van der Waals surface area contributed by atoms with Gasteiger partial charge in [0.1, 0.15) is 0 Å². The lowest BCUT2D eigenvalue weighted by Crippen LogP contribution is -2.14. The molecule has 1 amide bonds. The predicted octanol–water partition coefficient (Wildman–Crippen LogP) is 3.19. The van der Waals surface area contributed by atoms with Crippen LogP contribution >= 0.6 is 11.8 Å². The van der Waals surface area contributed by atoms with E-state index in [1.54, 1.807) is 24.5 Å². The molecule has 0 aliphatic heterocycles. The number of hydrogen-bond acceptors (Lipinski definition) is 6. The van der Waals surface area contributed by atoms with Gasteiger partial charge in [-0.2, -0.15) is 13.2 Å². The van der Waals surface area contributed by atoms with E-state index in [-0.39, 0.29) is 12.3 Å². The Morgan fingerprint density at radius 3 is 2.57 bits per heavy atom. The number of rotatable bonds is 6. The van der Waals surface area contributed by atoms with Crippen LogP contribution in [0.3, 0.4) is 0 Å². The zero-order valence-electron chi connectivity index (χ0n) is 14.3. The van der Waals surface area contributed by atoms with Crippen LogP contribution in [-0.4, -0.2) is 31.5 Å². The summed E-state index contributed by atoms with van der Waals surface area (Å²) in [5, 5.41) is 11.0. The van der Waals surface area contributed by atoms with E-state index in [1.165, 1.54) is 28.6 Å². The highest BCUT2D eigenvalue weighted by molar-refractivity contribution is 7.99. The highest BCUT2D eigenvalue weighted by Gasteiger charge is 2.29. The summed E-state index contributed by atoms with van der Waals surface area (Å²) in [6, 6.07) is 7.81. The number of hydrogen-bond donors (Lipinski definition) is 2. The van der Waals surface area contributed by atoms with E-state index in [0.29, 0.717) is 28.0 Å². The number of benzene rings is 1. The Hall–Kier alpha value is -3.08. The fourth-order valence-corrected chi connectivity index (χ4v) is 3.06. The van der Waals surface area contributed by atoms with Crippen molar-refractivity contribution in [3.8, 4) is 11.4 Å². The van der Waals surface area contributed by atoms with Gasteiger partial charge in [0.05, 0.1) is 5.56 Å². The first-order chi connectivity index (χ1) is 13.3. The minimum Gasteiger partial charge on any atom is -0.335 e. The van der Waals surface area contributed by atoms with E-state index in [4.69, 9.17) is 5.84 Å². The number of alkyl halides is 3. The predicted molar refractivity (Wildman–Crippen MR) is 98.8 cm³/mol. The summed E-state index contributed by atoms with van der Waals surface area (Å²) in [6.45, 7) is 0. The summed E-state index contributed by atoms with van der Waals surface area (Å²) in [4.78, 5) is 16.0. The summed E-state index contributed by atoms with van der Waals surface area (Å²) in [5.41, 5.74) is 0.237. The summed E-state index contributed by atoms with van der Waals surface area (Å²) in [7, 11) is 0. The molecule has 1 aromatic carbocycles. The molecule has 0 atom stereocenters. The van der Waals surface area contributed by atoms with Gasteiger partial charge in [-0.05, 0) is 36.4 Å². The molecule has 0 aliphatic carbocycles. The number of aromatic nitrogens is 4. The van der Waals surface area contributed by atoms with Gasteiger partial charge >= 0.3 is 6.18 Å². The van der Waals surface area contributed by atoms with Gasteiger partial charge in [0.15, 0.2) is 5.82 Å². The van der Waals surface area contributed by atoms with Crippen molar-refractivity contribution in [2.75, 3.05) is 16.9 Å². The molecule has 3 aromatic rings. The fraction of sp³-hybridized carbons (Fsp3) is 0.176. The van der Waals surface area contributed by atoms with E-state index in [0.717, 1.165) is 12.1 Å². The lowest BCUT2D eigenvalue weighted by atomic mass is 10.2. The van der Waals surface area contributed by atoms with Crippen LogP contribution < -0.4 is 11.2 Å². The van der Waals surface area contributed by atoms with Gasteiger partial charge in [0, 0.05) is 35.8 Å². The number of carbonyl (C=O) groups is 1. The third-order valence-electron chi connectivity index (χ3n) is 3.64. The molecule has 0 spiro atoms. The SMILES string of the molecule is Nn1c(SCCC(=O)Nc2ccc(C(F)(F)F)cc2)nnc1-c1cccnc1. The molecule has 0 unspecified atom stereocenters. The van der Waals surface area contributed by atoms with Crippen molar-refractivity contribution in [3.05, 3.63) is 54.4 Å². The summed E-state index contributed by atoms with van der Waals surface area (Å²) >= 11 is 1.24. The quantitative estimate of drug-likeness (QED) is 0.480. The largest absolute Gasteiger partial charge is 0.416 e. The summed E-state index contributed by atoms with van der Waals surface area (Å²) in [6.07, 6.45) is -1.04. The normalized spacial score (nSPS) is 11.4. The third kappa shape index (κ3) is 4.80. The van der Waals surface area contributed by atoms with Crippen LogP contribution in [0.2, 0.25) is 0 Å². The van der Waals surface area contributed by atoms with E-state index < -0.39 is 11.7 Å². The molecule has 0 fully saturated rings. The summed E-state index contributed by atoms with van der Waals surface area (Å²) in [5.74, 6) is 6.46. The molecule has 2 aromatic heterocycles. The van der Waals surface area contributed by atoms with Crippen LogP contribution in [0, 0.1) is 0 Å². The van der Waals surface area contributed by atoms with Crippen molar-refractivity contribution < 1.29 is 18.0 Å². The van der Waals surface area contributed by atoms with Gasteiger partial charge < -0.3 is 11.2 Å². The van der Waals surface area contributed by atoms with Gasteiger partial charge in [0.2, 0.25) is 11.1 Å². The smallest absolute Gasteiger partial charge is 0.335 e. The molecule has 0 saturated carbocycles. The molecule has 28 heavy (non-hydrogen) atoms. The average molecular weight is 408 g/mol. The van der Waals surface area contributed by atoms with Gasteiger partial charge in [-0.25, -0.2) is 4.68 Å². The van der Waals surface area contributed by atoms with Crippen LogP contribution in [0.4, 0.5) is 18.9 Å². The van der Waals surface area contributed by atoms with E-state index in [9.17, 15) is 18.0 Å². The Bertz CT molecular complexity index is 944. The standard InChI is InChI=1S/C17H15F3N6OS/c18-17(19,20)12-3-5-13(6-4-12)23-14(27)7-9-28-16-25-24-15(26(16)21)11-2-1-8-22-10-11/h1-6,8,10H,7,9,21H2,(H,23,27). The van der Waals surface area contributed by atoms with E-state index >= 15 is 0 Å². The van der Waals surface area contributed by atoms with Crippen LogP contribution in [-0.2, 0) is 11.0 Å². The maximum atomic E-state index is 12.5. The van der Waals surface area contributed by atoms with Crippen molar-refractivity contribution in [2.24, 2.45) is 0 Å². The zero-order chi connectivity index (χ0) is 20.1. The van der Waals surface area contributed by atoms with Crippen LogP contribution in [0.5, 0.6) is 0 Å². The Morgan fingerprint density at radius 1 is 1.18 bits per heavy atom. The number of nitrogens with two attached hydrogens (primary N) is 1. The van der Waals surface area contributed by atoms with Gasteiger partial charge in [-0.15, -0.1) is 10.2 Å². The molecule has 3 rings (SSSR count). The molecule has 0 radical (unpaired) electrons. The fourth-order valence-electron chi connectivity index (χ4n) is 2.27. The summed E-state index contributed by atoms with van der Waals surface area (Å²) < 4.78 is 38.9. The maximum absolute atomic E-state index is 12.5. The molecule has 11 heteroatoms. The third-order valence-corrected chi connectivity index (χ3v) is 4.59. The first kappa shape index (κ1) is 19.7. The number of carbonyl (C=O) groups excluding carboxylic acids is 1. The Kier molecular flexibility index (Phi) is 5.83. The number of anilines is 1. The van der Waals surface area contributed by atoms with Crippen molar-refractivity contribution in [1.82, 2.24) is 19.9 Å². The average Bonchev–Trinajstić information content (AvgIpc) is 3.03. The molecule has 2 heterocycles. The molecule has 0 bridgehead atoms. The molecular formula is C17H15F3N6OS. The van der Waals surface area contributed by atoms with Gasteiger partial charge in [-0.3, -0.25) is 9.78 Å². The molecule has 3 N–H and O–H groups in total. The minimum atomic E-state index is -4.41. The van der Waals surface area contributed by atoms with Gasteiger partial charge in [-0.1, -0.05) is 11.8 Å². The van der Waals surface area contributed by atoms with Gasteiger partial charge in [0.25, 0.3) is 0 Å². The van der Waals surface area contributed by atoms with Crippen molar-refractivity contribution in [1.29, 1.82) is 0 Å². The lowest BCUT2D eigenvalue weighted by Gasteiger charge is -2.08. The Labute approximate surface area is 162 Å². The first-order valence-electron chi connectivity index (χ1n) is 8.05. The van der Waals surface area contributed by atoms with Crippen LogP contribution in [0.1, 0.15) is 12.0 Å². The topological polar surface area (TPSA) is 98.7 Å². The minimum absolute atomic E-state index is 0.126. The molecular weight excluding hydrogens is 393 g/mol. The molecule has 0 aliphatic rings. The monoisotopic (exact) mass is 408 g/mol. The van der Waals surface area contributed by atoms with Crippen molar-refractivity contribution >= 4 is 23.4 Å². The lowest BCUT2D eigenvalue weighted by molar-refractivity contribution is -0.137. The van der Waals surface area contributed by atoms with Crippen molar-refractivity contribution in [2.45, 2.75) is 17.8 Å². The Morgan fingerprint density at radius 2 is 1.93 bits per heavy atom. The van der Waals surface area contributed by atoms with E-state index in [1.807, 2.05) is 0 Å². The number of nitrogens with one attached hydrogen (secondary N) is 1. The molecule has 146 valence electrons. The maximum Gasteiger partial charge on any atom is 0.416 e. The number of halogens is 3. The second kappa shape index (κ2) is 8.30. The first-order valence-corrected chi connectivity index (χ1v) is 9.04. The second-order valence-electron chi connectivity index (χ2n) is 5.64. The number of thioether (sulfide) groups is 1. The number of pyridine rings is 1. The van der Waals surface area contributed by atoms with Crippen molar-refractivity contribution in [3.63, 3.8) is 0 Å². The second-order valence-corrected chi connectivity index (χ2v) is 6.70. The number of nitrogens with zero attached hydrogens (tertiary/aromatic N) is 4. The number of nitrogen functional groups attached to an aromatic ring is 1. The van der Waals surface area contributed by atoms with Crippen LogP contribution in [0.25, 0.3) is 11.4 Å². The Balaban J connectivity index is 1.51. The molecule has 0 saturated heterocycles.